The van der Waals surface area contributed by atoms with Crippen LogP contribution in [0.4, 0.5) is 0 Å². The van der Waals surface area contributed by atoms with Crippen molar-refractivity contribution in [2.24, 2.45) is 0 Å². The molecule has 3 heterocycles. The van der Waals surface area contributed by atoms with Gasteiger partial charge in [-0.15, -0.1) is 11.3 Å². The normalized spacial score (nSPS) is 10.9. The van der Waals surface area contributed by atoms with Crippen molar-refractivity contribution in [3.63, 3.8) is 0 Å². The van der Waals surface area contributed by atoms with Gasteiger partial charge >= 0.3 is 0 Å². The molecule has 0 aliphatic heterocycles. The molecule has 0 saturated carbocycles. The number of thiophene rings is 1. The van der Waals surface area contributed by atoms with Crippen molar-refractivity contribution in [2.45, 2.75) is 13.1 Å². The number of rotatable bonds is 5. The maximum absolute atomic E-state index is 5.27. The molecule has 18 heavy (non-hydrogen) atoms. The number of aromatic nitrogens is 2. The van der Waals surface area contributed by atoms with Crippen molar-refractivity contribution in [3.05, 3.63) is 53.4 Å². The lowest BCUT2D eigenvalue weighted by Crippen LogP contribution is -2.12. The minimum absolute atomic E-state index is 0.724. The second-order valence-electron chi connectivity index (χ2n) is 3.93. The quantitative estimate of drug-likeness (QED) is 0.740. The standard InChI is InChI=1S/C13H13N3OS/c1-3-11(17-5-1)9-14-7-10-8-15-16-13(10)12-4-2-6-18-12/h1-6,8,14H,7,9H2,(H,15,16). The average molecular weight is 259 g/mol. The molecule has 0 aromatic carbocycles. The van der Waals surface area contributed by atoms with E-state index in [1.54, 1.807) is 17.6 Å². The molecular formula is C13H13N3OS. The first-order valence-electron chi connectivity index (χ1n) is 5.73. The van der Waals surface area contributed by atoms with Crippen molar-refractivity contribution >= 4 is 11.3 Å². The van der Waals surface area contributed by atoms with Crippen LogP contribution in [0, 0.1) is 0 Å². The summed E-state index contributed by atoms with van der Waals surface area (Å²) in [4.78, 5) is 1.21. The molecule has 3 aromatic heterocycles. The maximum Gasteiger partial charge on any atom is 0.117 e. The number of hydrogen-bond donors (Lipinski definition) is 2. The summed E-state index contributed by atoms with van der Waals surface area (Å²) in [5, 5.41) is 12.6. The van der Waals surface area contributed by atoms with Crippen LogP contribution < -0.4 is 5.32 Å². The maximum atomic E-state index is 5.27. The first-order chi connectivity index (χ1) is 8.93. The lowest BCUT2D eigenvalue weighted by molar-refractivity contribution is 0.483. The zero-order chi connectivity index (χ0) is 12.2. The summed E-state index contributed by atoms with van der Waals surface area (Å²) in [6.45, 7) is 1.49. The molecule has 0 aliphatic carbocycles. The monoisotopic (exact) mass is 259 g/mol. The van der Waals surface area contributed by atoms with Crippen LogP contribution in [0.3, 0.4) is 0 Å². The summed E-state index contributed by atoms with van der Waals surface area (Å²) >= 11 is 1.71. The third kappa shape index (κ3) is 2.37. The highest BCUT2D eigenvalue weighted by atomic mass is 32.1. The highest BCUT2D eigenvalue weighted by molar-refractivity contribution is 7.13. The van der Waals surface area contributed by atoms with E-state index in [-0.39, 0.29) is 0 Å². The molecule has 0 atom stereocenters. The lowest BCUT2D eigenvalue weighted by atomic mass is 10.2. The fourth-order valence-corrected chi connectivity index (χ4v) is 2.57. The van der Waals surface area contributed by atoms with Crippen LogP contribution in [-0.4, -0.2) is 10.2 Å². The average Bonchev–Trinajstić information content (AvgIpc) is 3.12. The van der Waals surface area contributed by atoms with Gasteiger partial charge in [0.1, 0.15) is 5.76 Å². The highest BCUT2D eigenvalue weighted by Crippen LogP contribution is 2.25. The minimum Gasteiger partial charge on any atom is -0.468 e. The van der Waals surface area contributed by atoms with E-state index in [1.807, 2.05) is 24.4 Å². The van der Waals surface area contributed by atoms with E-state index in [9.17, 15) is 0 Å². The minimum atomic E-state index is 0.724. The second-order valence-corrected chi connectivity index (χ2v) is 4.88. The summed E-state index contributed by atoms with van der Waals surface area (Å²) in [6.07, 6.45) is 3.55. The number of nitrogens with zero attached hydrogens (tertiary/aromatic N) is 1. The van der Waals surface area contributed by atoms with Crippen LogP contribution in [0.15, 0.2) is 46.5 Å². The van der Waals surface area contributed by atoms with Gasteiger partial charge in [-0.3, -0.25) is 5.10 Å². The van der Waals surface area contributed by atoms with Gasteiger partial charge < -0.3 is 9.73 Å². The van der Waals surface area contributed by atoms with Crippen molar-refractivity contribution in [2.75, 3.05) is 0 Å². The van der Waals surface area contributed by atoms with Gasteiger partial charge in [0.05, 0.1) is 29.6 Å². The summed E-state index contributed by atoms with van der Waals surface area (Å²) in [6, 6.07) is 7.99. The second kappa shape index (κ2) is 5.20. The number of furan rings is 1. The topological polar surface area (TPSA) is 53.9 Å². The van der Waals surface area contributed by atoms with E-state index >= 15 is 0 Å². The predicted octanol–water partition coefficient (Wildman–Crippen LogP) is 3.02. The fourth-order valence-electron chi connectivity index (χ4n) is 1.81. The Hall–Kier alpha value is -1.85. The van der Waals surface area contributed by atoms with E-state index in [4.69, 9.17) is 4.42 Å². The molecule has 0 saturated heterocycles. The third-order valence-corrected chi connectivity index (χ3v) is 3.57. The lowest BCUT2D eigenvalue weighted by Gasteiger charge is -2.02. The number of aromatic amines is 1. The third-order valence-electron chi connectivity index (χ3n) is 2.68. The first-order valence-corrected chi connectivity index (χ1v) is 6.60. The zero-order valence-electron chi connectivity index (χ0n) is 9.72. The van der Waals surface area contributed by atoms with Crippen LogP contribution in [-0.2, 0) is 13.1 Å². The Bertz CT molecular complexity index is 584. The molecule has 0 unspecified atom stereocenters. The summed E-state index contributed by atoms with van der Waals surface area (Å²) in [5.41, 5.74) is 2.26. The molecule has 3 rings (SSSR count). The molecule has 0 radical (unpaired) electrons. The smallest absolute Gasteiger partial charge is 0.117 e. The van der Waals surface area contributed by atoms with Crippen LogP contribution in [0.1, 0.15) is 11.3 Å². The molecule has 0 aliphatic rings. The Labute approximate surface area is 109 Å². The van der Waals surface area contributed by atoms with Gasteiger partial charge in [-0.25, -0.2) is 0 Å². The molecule has 0 fully saturated rings. The van der Waals surface area contributed by atoms with Crippen molar-refractivity contribution in [1.82, 2.24) is 15.5 Å². The van der Waals surface area contributed by atoms with Gasteiger partial charge in [-0.2, -0.15) is 5.10 Å². The van der Waals surface area contributed by atoms with E-state index in [2.05, 4.69) is 27.0 Å². The molecule has 4 nitrogen and oxygen atoms in total. The Kier molecular flexibility index (Phi) is 3.25. The fraction of sp³-hybridized carbons (Fsp3) is 0.154. The van der Waals surface area contributed by atoms with Crippen LogP contribution in [0.2, 0.25) is 0 Å². The summed E-state index contributed by atoms with van der Waals surface area (Å²) in [5.74, 6) is 0.941. The van der Waals surface area contributed by atoms with Crippen molar-refractivity contribution in [3.8, 4) is 10.6 Å². The Morgan fingerprint density at radius 1 is 1.28 bits per heavy atom. The predicted molar refractivity (Wildman–Crippen MR) is 71.2 cm³/mol. The number of H-pyrrole nitrogens is 1. The molecular weight excluding hydrogens is 246 g/mol. The molecule has 5 heteroatoms. The van der Waals surface area contributed by atoms with Gasteiger partial charge in [0.15, 0.2) is 0 Å². The van der Waals surface area contributed by atoms with Crippen LogP contribution in [0.25, 0.3) is 10.6 Å². The summed E-state index contributed by atoms with van der Waals surface area (Å²) < 4.78 is 5.27. The van der Waals surface area contributed by atoms with Crippen LogP contribution >= 0.6 is 11.3 Å². The SMILES string of the molecule is c1coc(CNCc2cn[nH]c2-c2cccs2)c1. The summed E-state index contributed by atoms with van der Waals surface area (Å²) in [7, 11) is 0. The van der Waals surface area contributed by atoms with Crippen LogP contribution in [0.5, 0.6) is 0 Å². The first kappa shape index (κ1) is 11.3. The molecule has 92 valence electrons. The van der Waals surface area contributed by atoms with Gasteiger partial charge in [0.25, 0.3) is 0 Å². The zero-order valence-corrected chi connectivity index (χ0v) is 10.5. The molecule has 0 spiro atoms. The molecule has 3 aromatic rings. The van der Waals surface area contributed by atoms with Gasteiger partial charge in [-0.05, 0) is 23.6 Å². The Morgan fingerprint density at radius 3 is 3.06 bits per heavy atom. The Morgan fingerprint density at radius 2 is 2.28 bits per heavy atom. The van der Waals surface area contributed by atoms with E-state index in [0.29, 0.717) is 0 Å². The van der Waals surface area contributed by atoms with Gasteiger partial charge in [-0.1, -0.05) is 6.07 Å². The highest BCUT2D eigenvalue weighted by Gasteiger charge is 2.08. The number of nitrogens with one attached hydrogen (secondary N) is 2. The van der Waals surface area contributed by atoms with Gasteiger partial charge in [0, 0.05) is 12.1 Å². The molecule has 0 amide bonds. The van der Waals surface area contributed by atoms with Crippen molar-refractivity contribution < 1.29 is 4.42 Å². The largest absolute Gasteiger partial charge is 0.468 e. The van der Waals surface area contributed by atoms with E-state index < -0.39 is 0 Å². The Balaban J connectivity index is 1.65. The van der Waals surface area contributed by atoms with Gasteiger partial charge in [0.2, 0.25) is 0 Å². The van der Waals surface area contributed by atoms with Crippen molar-refractivity contribution in [1.29, 1.82) is 0 Å². The molecule has 0 bridgehead atoms. The number of hydrogen-bond acceptors (Lipinski definition) is 4. The van der Waals surface area contributed by atoms with E-state index in [1.165, 1.54) is 10.4 Å². The van der Waals surface area contributed by atoms with E-state index in [0.717, 1.165) is 24.5 Å². The molecule has 2 N–H and O–H groups in total.